The fourth-order valence-corrected chi connectivity index (χ4v) is 7.85. The van der Waals surface area contributed by atoms with Gasteiger partial charge in [0.25, 0.3) is 0 Å². The second-order valence-electron chi connectivity index (χ2n) is 14.8. The largest absolute Gasteiger partial charge is 0.379 e. The summed E-state index contributed by atoms with van der Waals surface area (Å²) in [7, 11) is 8.30. The molecule has 0 aromatic heterocycles. The Kier molecular flexibility index (Phi) is 19.1. The standard InChI is InChI=1S/C38H63ClN8O6/c1-12-24(4)34(46(9)38(51)32(26(6)43-44-40)42-37(50)33(23(2)3)45(7)8)30(52-10)22-31(48)47-21-15-18-29(47)35(53-11)25(5)36(49)41-20-19-27-16-13-14-17-28(27)39/h13-14,16-17,23-26,29-30,32-35H,12,15,18-22H2,1-11H3,(H,41,49)(H,42,50)/t24?,25?,26?,29-,30?,32?,33?,34?,35?/m0/s1. The van der Waals surface area contributed by atoms with Gasteiger partial charge >= 0.3 is 0 Å². The van der Waals surface area contributed by atoms with E-state index in [1.807, 2.05) is 58.9 Å². The average molecular weight is 763 g/mol. The number of hydrogen-bond donors (Lipinski definition) is 2. The van der Waals surface area contributed by atoms with E-state index in [2.05, 4.69) is 20.7 Å². The van der Waals surface area contributed by atoms with Crippen molar-refractivity contribution in [2.45, 2.75) is 116 Å². The van der Waals surface area contributed by atoms with Gasteiger partial charge in [-0.25, -0.2) is 0 Å². The van der Waals surface area contributed by atoms with Gasteiger partial charge in [0, 0.05) is 44.3 Å². The van der Waals surface area contributed by atoms with Crippen LogP contribution in [0.4, 0.5) is 0 Å². The van der Waals surface area contributed by atoms with E-state index in [1.165, 1.54) is 12.0 Å². The van der Waals surface area contributed by atoms with Crippen molar-refractivity contribution < 1.29 is 28.7 Å². The normalized spacial score (nSPS) is 19.0. The quantitative estimate of drug-likeness (QED) is 0.104. The summed E-state index contributed by atoms with van der Waals surface area (Å²) in [6, 6.07) is 4.08. The Hall–Kier alpha value is -3.42. The van der Waals surface area contributed by atoms with Crippen molar-refractivity contribution in [2.75, 3.05) is 48.5 Å². The minimum atomic E-state index is -1.15. The van der Waals surface area contributed by atoms with Crippen LogP contribution in [0, 0.1) is 17.8 Å². The van der Waals surface area contributed by atoms with Crippen LogP contribution >= 0.6 is 11.6 Å². The molecule has 0 bridgehead atoms. The van der Waals surface area contributed by atoms with Crippen LogP contribution in [0.1, 0.15) is 72.8 Å². The highest BCUT2D eigenvalue weighted by Gasteiger charge is 2.43. The van der Waals surface area contributed by atoms with Crippen LogP contribution in [-0.2, 0) is 35.1 Å². The van der Waals surface area contributed by atoms with Crippen molar-refractivity contribution in [1.82, 2.24) is 25.3 Å². The predicted molar refractivity (Wildman–Crippen MR) is 207 cm³/mol. The van der Waals surface area contributed by atoms with E-state index in [1.54, 1.807) is 45.0 Å². The summed E-state index contributed by atoms with van der Waals surface area (Å²) in [6.07, 6.45) is 1.43. The molecule has 1 aliphatic heterocycles. The molecule has 0 radical (unpaired) electrons. The third-order valence-electron chi connectivity index (χ3n) is 10.6. The van der Waals surface area contributed by atoms with Gasteiger partial charge in [0.15, 0.2) is 0 Å². The maximum absolute atomic E-state index is 14.3. The van der Waals surface area contributed by atoms with Crippen LogP contribution in [0.3, 0.4) is 0 Å². The molecule has 1 aliphatic rings. The molecule has 2 N–H and O–H groups in total. The molecular weight excluding hydrogens is 700 g/mol. The first-order valence-corrected chi connectivity index (χ1v) is 19.1. The fourth-order valence-electron chi connectivity index (χ4n) is 7.62. The summed E-state index contributed by atoms with van der Waals surface area (Å²) in [5, 5.41) is 10.3. The maximum Gasteiger partial charge on any atom is 0.245 e. The molecule has 8 unspecified atom stereocenters. The molecule has 15 heteroatoms. The Morgan fingerprint density at radius 1 is 1.06 bits per heavy atom. The number of carbonyl (C=O) groups is 4. The average Bonchev–Trinajstić information content (AvgIpc) is 3.60. The minimum Gasteiger partial charge on any atom is -0.379 e. The summed E-state index contributed by atoms with van der Waals surface area (Å²) in [6.45, 7) is 12.1. The summed E-state index contributed by atoms with van der Waals surface area (Å²) < 4.78 is 11.9. The van der Waals surface area contributed by atoms with Crippen molar-refractivity contribution in [1.29, 1.82) is 0 Å². The first-order valence-electron chi connectivity index (χ1n) is 18.7. The zero-order valence-electron chi connectivity index (χ0n) is 33.5. The number of likely N-dealkylation sites (N-methyl/N-ethyl adjacent to an activating group) is 2. The van der Waals surface area contributed by atoms with Crippen LogP contribution < -0.4 is 10.6 Å². The summed E-state index contributed by atoms with van der Waals surface area (Å²) >= 11 is 6.29. The van der Waals surface area contributed by atoms with Crippen molar-refractivity contribution in [2.24, 2.45) is 22.9 Å². The number of amides is 4. The number of hydrogen-bond acceptors (Lipinski definition) is 8. The van der Waals surface area contributed by atoms with E-state index >= 15 is 0 Å². The highest BCUT2D eigenvalue weighted by atomic mass is 35.5. The Bertz CT molecular complexity index is 1400. The number of nitrogens with zero attached hydrogens (tertiary/aromatic N) is 6. The van der Waals surface area contributed by atoms with Crippen molar-refractivity contribution in [3.8, 4) is 0 Å². The first-order chi connectivity index (χ1) is 25.0. The summed E-state index contributed by atoms with van der Waals surface area (Å²) in [4.78, 5) is 63.2. The Morgan fingerprint density at radius 2 is 1.72 bits per heavy atom. The van der Waals surface area contributed by atoms with Gasteiger partial charge < -0.3 is 29.9 Å². The first kappa shape index (κ1) is 45.7. The third-order valence-corrected chi connectivity index (χ3v) is 11.0. The number of halogens is 1. The number of ether oxygens (including phenoxy) is 2. The van der Waals surface area contributed by atoms with E-state index in [0.717, 1.165) is 12.0 Å². The second kappa shape index (κ2) is 22.1. The molecule has 1 fully saturated rings. The molecule has 4 amide bonds. The van der Waals surface area contributed by atoms with E-state index in [9.17, 15) is 24.7 Å². The van der Waals surface area contributed by atoms with Crippen LogP contribution in [0.2, 0.25) is 5.02 Å². The fraction of sp³-hybridized carbons (Fsp3) is 0.737. The second-order valence-corrected chi connectivity index (χ2v) is 15.2. The monoisotopic (exact) mass is 762 g/mol. The number of carbonyl (C=O) groups excluding carboxylic acids is 4. The highest BCUT2D eigenvalue weighted by Crippen LogP contribution is 2.29. The number of benzene rings is 1. The Balaban J connectivity index is 2.27. The smallest absolute Gasteiger partial charge is 0.245 e. The molecule has 14 nitrogen and oxygen atoms in total. The lowest BCUT2D eigenvalue weighted by molar-refractivity contribution is -0.147. The van der Waals surface area contributed by atoms with E-state index in [0.29, 0.717) is 37.4 Å². The molecule has 1 aromatic carbocycles. The lowest BCUT2D eigenvalue weighted by Crippen LogP contribution is -2.60. The molecule has 1 aromatic rings. The van der Waals surface area contributed by atoms with Crippen LogP contribution in [-0.4, -0.2) is 129 Å². The van der Waals surface area contributed by atoms with E-state index < -0.39 is 48.2 Å². The van der Waals surface area contributed by atoms with Gasteiger partial charge in [0.05, 0.1) is 48.7 Å². The zero-order chi connectivity index (χ0) is 40.0. The molecule has 0 saturated carbocycles. The van der Waals surface area contributed by atoms with Gasteiger partial charge in [-0.3, -0.25) is 24.1 Å². The van der Waals surface area contributed by atoms with Crippen LogP contribution in [0.15, 0.2) is 29.4 Å². The lowest BCUT2D eigenvalue weighted by Gasteiger charge is -2.41. The van der Waals surface area contributed by atoms with E-state index in [-0.39, 0.29) is 42.0 Å². The molecule has 298 valence electrons. The van der Waals surface area contributed by atoms with Gasteiger partial charge in [-0.15, -0.1) is 0 Å². The van der Waals surface area contributed by atoms with Crippen molar-refractivity contribution in [3.63, 3.8) is 0 Å². The summed E-state index contributed by atoms with van der Waals surface area (Å²) in [5.41, 5.74) is 10.2. The molecule has 9 atom stereocenters. The number of likely N-dealkylation sites (tertiary alicyclic amines) is 1. The topological polar surface area (TPSA) is 169 Å². The van der Waals surface area contributed by atoms with Gasteiger partial charge in [-0.2, -0.15) is 0 Å². The molecule has 1 heterocycles. The van der Waals surface area contributed by atoms with Crippen molar-refractivity contribution >= 4 is 35.2 Å². The Morgan fingerprint density at radius 3 is 2.26 bits per heavy atom. The van der Waals surface area contributed by atoms with Gasteiger partial charge in [-0.1, -0.05) is 82.9 Å². The molecule has 2 rings (SSSR count). The lowest BCUT2D eigenvalue weighted by atomic mass is 9.89. The predicted octanol–water partition coefficient (Wildman–Crippen LogP) is 4.69. The summed E-state index contributed by atoms with van der Waals surface area (Å²) in [5.74, 6) is -1.83. The minimum absolute atomic E-state index is 0.0204. The zero-order valence-corrected chi connectivity index (χ0v) is 34.3. The molecule has 53 heavy (non-hydrogen) atoms. The van der Waals surface area contributed by atoms with Crippen LogP contribution in [0.25, 0.3) is 10.4 Å². The molecular formula is C38H63ClN8O6. The third kappa shape index (κ3) is 12.3. The number of nitrogens with one attached hydrogen (secondary N) is 2. The molecule has 1 saturated heterocycles. The Labute approximate surface area is 321 Å². The van der Waals surface area contributed by atoms with E-state index in [4.69, 9.17) is 21.1 Å². The highest BCUT2D eigenvalue weighted by molar-refractivity contribution is 6.31. The number of rotatable bonds is 21. The van der Waals surface area contributed by atoms with Gasteiger partial charge in [0.1, 0.15) is 6.04 Å². The van der Waals surface area contributed by atoms with Gasteiger partial charge in [0.2, 0.25) is 23.6 Å². The van der Waals surface area contributed by atoms with Gasteiger partial charge in [-0.05, 0) is 62.4 Å². The number of methoxy groups -OCH3 is 2. The number of azide groups is 1. The SMILES string of the molecule is CCC(C)C(C(CC(=O)N1CCC[C@H]1C(OC)C(C)C(=O)NCCc1ccccc1Cl)OC)N(C)C(=O)C(NC(=O)C(C(C)C)N(C)C)C(C)N=[N+]=[N-]. The molecule has 0 spiro atoms. The van der Waals surface area contributed by atoms with Crippen molar-refractivity contribution in [3.05, 3.63) is 45.3 Å². The maximum atomic E-state index is 14.3. The van der Waals surface area contributed by atoms with Crippen LogP contribution in [0.5, 0.6) is 0 Å². The molecule has 0 aliphatic carbocycles.